The van der Waals surface area contributed by atoms with E-state index in [1.165, 1.54) is 0 Å². The second-order valence-electron chi connectivity index (χ2n) is 2.72. The normalized spacial score (nSPS) is 11.2. The summed E-state index contributed by atoms with van der Waals surface area (Å²) in [4.78, 5) is 10.6. The van der Waals surface area contributed by atoms with Crippen molar-refractivity contribution in [3.8, 4) is 5.75 Å². The topological polar surface area (TPSA) is 72.6 Å². The maximum Gasteiger partial charge on any atom is 0.573 e. The summed E-state index contributed by atoms with van der Waals surface area (Å²) < 4.78 is 39.3. The first kappa shape index (κ1) is 12.4. The van der Waals surface area contributed by atoms with Crippen molar-refractivity contribution in [2.75, 3.05) is 5.73 Å². The summed E-state index contributed by atoms with van der Waals surface area (Å²) in [6.07, 6.45) is -5.00. The van der Waals surface area contributed by atoms with Gasteiger partial charge >= 0.3 is 12.3 Å². The summed E-state index contributed by atoms with van der Waals surface area (Å²) in [5, 5.41) is 8.41. The molecule has 0 saturated carbocycles. The van der Waals surface area contributed by atoms with E-state index in [1.54, 1.807) is 0 Å². The summed E-state index contributed by atoms with van der Waals surface area (Å²) in [6.45, 7) is 0. The summed E-state index contributed by atoms with van der Waals surface area (Å²) in [5.41, 5.74) is 4.41. The van der Waals surface area contributed by atoms with Gasteiger partial charge in [-0.05, 0) is 6.07 Å². The first-order valence-electron chi connectivity index (χ1n) is 3.79. The third kappa shape index (κ3) is 2.93. The fourth-order valence-electron chi connectivity index (χ4n) is 0.948. The molecule has 0 radical (unpaired) electrons. The Bertz CT molecular complexity index is 433. The molecule has 0 unspecified atom stereocenters. The Balaban J connectivity index is 3.25. The van der Waals surface area contributed by atoms with Gasteiger partial charge in [0.1, 0.15) is 11.3 Å². The van der Waals surface area contributed by atoms with Crippen molar-refractivity contribution in [1.29, 1.82) is 0 Å². The zero-order chi connectivity index (χ0) is 12.5. The van der Waals surface area contributed by atoms with Gasteiger partial charge in [0.2, 0.25) is 0 Å². The minimum absolute atomic E-state index is 0.145. The number of anilines is 1. The molecule has 0 heterocycles. The van der Waals surface area contributed by atoms with Crippen LogP contribution in [0, 0.1) is 0 Å². The number of carboxylic acids is 1. The summed E-state index contributed by atoms with van der Waals surface area (Å²) in [6, 6.07) is 1.50. The number of carboxylic acid groups (broad SMARTS) is 1. The molecule has 0 aromatic heterocycles. The van der Waals surface area contributed by atoms with Gasteiger partial charge < -0.3 is 15.6 Å². The van der Waals surface area contributed by atoms with E-state index in [9.17, 15) is 18.0 Å². The zero-order valence-electron chi connectivity index (χ0n) is 7.51. The van der Waals surface area contributed by atoms with E-state index >= 15 is 0 Å². The van der Waals surface area contributed by atoms with Crippen molar-refractivity contribution in [1.82, 2.24) is 0 Å². The fraction of sp³-hybridized carbons (Fsp3) is 0.125. The third-order valence-electron chi connectivity index (χ3n) is 1.55. The average Bonchev–Trinajstić information content (AvgIpc) is 2.07. The van der Waals surface area contributed by atoms with Gasteiger partial charge in [-0.25, -0.2) is 4.79 Å². The van der Waals surface area contributed by atoms with E-state index in [0.717, 1.165) is 6.07 Å². The maximum atomic E-state index is 11.9. The second kappa shape index (κ2) is 4.09. The third-order valence-corrected chi connectivity index (χ3v) is 1.88. The highest BCUT2D eigenvalue weighted by atomic mass is 35.5. The van der Waals surface area contributed by atoms with Gasteiger partial charge in [0.15, 0.2) is 0 Å². The lowest BCUT2D eigenvalue weighted by molar-refractivity contribution is -0.274. The number of hydrogen-bond acceptors (Lipinski definition) is 3. The van der Waals surface area contributed by atoms with Crippen LogP contribution in [0.2, 0.25) is 5.02 Å². The molecule has 0 aliphatic rings. The summed E-state index contributed by atoms with van der Waals surface area (Å²) >= 11 is 5.45. The minimum Gasteiger partial charge on any atom is -0.478 e. The van der Waals surface area contributed by atoms with Gasteiger partial charge in [-0.1, -0.05) is 11.6 Å². The summed E-state index contributed by atoms with van der Waals surface area (Å²) in [5.74, 6) is -2.50. The molecular weight excluding hydrogens is 251 g/mol. The Hall–Kier alpha value is -1.63. The monoisotopic (exact) mass is 255 g/mol. The Morgan fingerprint density at radius 3 is 2.44 bits per heavy atom. The molecule has 0 fully saturated rings. The largest absolute Gasteiger partial charge is 0.573 e. The lowest BCUT2D eigenvalue weighted by Crippen LogP contribution is -2.19. The highest BCUT2D eigenvalue weighted by molar-refractivity contribution is 6.33. The van der Waals surface area contributed by atoms with Crippen molar-refractivity contribution in [3.63, 3.8) is 0 Å². The molecule has 1 rings (SSSR count). The number of benzene rings is 1. The highest BCUT2D eigenvalue weighted by Gasteiger charge is 2.33. The van der Waals surface area contributed by atoms with Crippen molar-refractivity contribution in [2.45, 2.75) is 6.36 Å². The molecule has 1 aromatic carbocycles. The maximum absolute atomic E-state index is 11.9. The van der Waals surface area contributed by atoms with Crippen molar-refractivity contribution < 1.29 is 27.8 Å². The highest BCUT2D eigenvalue weighted by Crippen LogP contribution is 2.32. The van der Waals surface area contributed by atoms with Crippen LogP contribution in [-0.2, 0) is 0 Å². The SMILES string of the molecule is Nc1cc(C(=O)O)c(OC(F)(F)F)cc1Cl. The summed E-state index contributed by atoms with van der Waals surface area (Å²) in [7, 11) is 0. The standard InChI is InChI=1S/C8H5ClF3NO3/c9-4-2-6(16-8(10,11)12)3(7(14)15)1-5(4)13/h1-2H,13H2,(H,14,15). The van der Waals surface area contributed by atoms with E-state index in [-0.39, 0.29) is 10.7 Å². The first-order valence-corrected chi connectivity index (χ1v) is 4.16. The van der Waals surface area contributed by atoms with Crippen LogP contribution < -0.4 is 10.5 Å². The van der Waals surface area contributed by atoms with Crippen LogP contribution in [0.25, 0.3) is 0 Å². The molecule has 0 saturated heterocycles. The molecule has 0 bridgehead atoms. The van der Waals surface area contributed by atoms with Crippen LogP contribution in [0.1, 0.15) is 10.4 Å². The van der Waals surface area contributed by atoms with E-state index < -0.39 is 23.6 Å². The molecule has 0 aliphatic heterocycles. The quantitative estimate of drug-likeness (QED) is 0.797. The van der Waals surface area contributed by atoms with Crippen molar-refractivity contribution >= 4 is 23.3 Å². The van der Waals surface area contributed by atoms with E-state index in [2.05, 4.69) is 4.74 Å². The smallest absolute Gasteiger partial charge is 0.478 e. The predicted molar refractivity (Wildman–Crippen MR) is 49.5 cm³/mol. The molecule has 0 aliphatic carbocycles. The van der Waals surface area contributed by atoms with Gasteiger partial charge in [0.05, 0.1) is 10.7 Å². The Labute approximate surface area is 92.4 Å². The lowest BCUT2D eigenvalue weighted by atomic mass is 10.2. The predicted octanol–water partition coefficient (Wildman–Crippen LogP) is 2.52. The zero-order valence-corrected chi connectivity index (χ0v) is 8.26. The molecule has 0 spiro atoms. The van der Waals surface area contributed by atoms with Crippen LogP contribution in [0.5, 0.6) is 5.75 Å². The van der Waals surface area contributed by atoms with Crippen molar-refractivity contribution in [3.05, 3.63) is 22.7 Å². The number of halogens is 4. The molecular formula is C8H5ClF3NO3. The Morgan fingerprint density at radius 2 is 2.00 bits per heavy atom. The average molecular weight is 256 g/mol. The molecule has 0 amide bonds. The molecule has 0 atom stereocenters. The van der Waals surface area contributed by atoms with E-state index in [0.29, 0.717) is 6.07 Å². The Kier molecular flexibility index (Phi) is 3.18. The molecule has 88 valence electrons. The fourth-order valence-corrected chi connectivity index (χ4v) is 1.10. The van der Waals surface area contributed by atoms with Gasteiger partial charge in [0, 0.05) is 6.07 Å². The lowest BCUT2D eigenvalue weighted by Gasteiger charge is -2.12. The van der Waals surface area contributed by atoms with Crippen LogP contribution in [0.3, 0.4) is 0 Å². The van der Waals surface area contributed by atoms with Crippen molar-refractivity contribution in [2.24, 2.45) is 0 Å². The number of carbonyl (C=O) groups is 1. The molecule has 8 heteroatoms. The van der Waals surface area contributed by atoms with E-state index in [4.69, 9.17) is 22.4 Å². The number of alkyl halides is 3. The van der Waals surface area contributed by atoms with Gasteiger partial charge in [-0.15, -0.1) is 13.2 Å². The van der Waals surface area contributed by atoms with Crippen LogP contribution >= 0.6 is 11.6 Å². The molecule has 4 nitrogen and oxygen atoms in total. The molecule has 3 N–H and O–H groups in total. The Morgan fingerprint density at radius 1 is 1.44 bits per heavy atom. The number of nitrogens with two attached hydrogens (primary N) is 1. The molecule has 1 aromatic rings. The number of hydrogen-bond donors (Lipinski definition) is 2. The van der Waals surface area contributed by atoms with Gasteiger partial charge in [-0.2, -0.15) is 0 Å². The number of aromatic carboxylic acids is 1. The number of ether oxygens (including phenoxy) is 1. The van der Waals surface area contributed by atoms with Crippen LogP contribution in [0.4, 0.5) is 18.9 Å². The van der Waals surface area contributed by atoms with Gasteiger partial charge in [-0.3, -0.25) is 0 Å². The van der Waals surface area contributed by atoms with Gasteiger partial charge in [0.25, 0.3) is 0 Å². The first-order chi connectivity index (χ1) is 7.20. The minimum atomic E-state index is -5.00. The second-order valence-corrected chi connectivity index (χ2v) is 3.13. The number of nitrogen functional groups attached to an aromatic ring is 1. The molecule has 16 heavy (non-hydrogen) atoms. The van der Waals surface area contributed by atoms with Crippen LogP contribution in [-0.4, -0.2) is 17.4 Å². The van der Waals surface area contributed by atoms with Crippen LogP contribution in [0.15, 0.2) is 12.1 Å². The van der Waals surface area contributed by atoms with E-state index in [1.807, 2.05) is 0 Å². The number of rotatable bonds is 2.